The van der Waals surface area contributed by atoms with E-state index in [4.69, 9.17) is 21.4 Å². The number of para-hydroxylation sites is 1. The number of carbonyl (C=O) groups is 1. The number of fused-ring (bicyclic) bond motifs is 1. The van der Waals surface area contributed by atoms with Crippen LogP contribution in [-0.4, -0.2) is 27.7 Å². The first-order valence-electron chi connectivity index (χ1n) is 11.0. The number of aryl methyl sites for hydroxylation is 1. The van der Waals surface area contributed by atoms with Crippen molar-refractivity contribution < 1.29 is 9.53 Å². The van der Waals surface area contributed by atoms with Gasteiger partial charge in [-0.15, -0.1) is 0 Å². The van der Waals surface area contributed by atoms with Crippen molar-refractivity contribution in [3.05, 3.63) is 70.4 Å². The molecule has 1 unspecified atom stereocenters. The molecule has 0 radical (unpaired) electrons. The maximum absolute atomic E-state index is 12.0. The van der Waals surface area contributed by atoms with Crippen molar-refractivity contribution >= 4 is 23.9 Å². The molecule has 166 valence electrons. The number of nitrogens with zero attached hydrogens (tertiary/aromatic N) is 3. The standard InChI is InChI=1S/C26H28ClN3O2/c1-5-18-8-6-7-9-23(18)30-24(19-10-12-20(27)13-11-19)21-14-17(15-22(21)29-30)16-28-25(31)32-26(2,3)4/h6-13,16-17H,5,14-15H2,1-4H3. The molecule has 0 spiro atoms. The number of rotatable bonds is 4. The molecular weight excluding hydrogens is 422 g/mol. The van der Waals surface area contributed by atoms with Gasteiger partial charge in [0.25, 0.3) is 0 Å². The van der Waals surface area contributed by atoms with Gasteiger partial charge in [0.1, 0.15) is 5.60 Å². The van der Waals surface area contributed by atoms with E-state index >= 15 is 0 Å². The van der Waals surface area contributed by atoms with Crippen LogP contribution in [0.15, 0.2) is 53.5 Å². The second kappa shape index (κ2) is 8.91. The van der Waals surface area contributed by atoms with E-state index in [1.807, 2.05) is 51.1 Å². The van der Waals surface area contributed by atoms with Gasteiger partial charge in [-0.25, -0.2) is 9.48 Å². The normalized spacial score (nSPS) is 15.8. The summed E-state index contributed by atoms with van der Waals surface area (Å²) in [7, 11) is 0. The lowest BCUT2D eigenvalue weighted by Gasteiger charge is -2.17. The fraction of sp³-hybridized carbons (Fsp3) is 0.346. The molecule has 0 saturated carbocycles. The fourth-order valence-corrected chi connectivity index (χ4v) is 4.24. The number of ether oxygens (including phenoxy) is 1. The first kappa shape index (κ1) is 22.3. The third-order valence-corrected chi connectivity index (χ3v) is 5.74. The van der Waals surface area contributed by atoms with Crippen LogP contribution in [0.2, 0.25) is 5.02 Å². The highest BCUT2D eigenvalue weighted by molar-refractivity contribution is 6.30. The maximum Gasteiger partial charge on any atom is 0.433 e. The van der Waals surface area contributed by atoms with Gasteiger partial charge in [-0.2, -0.15) is 10.1 Å². The van der Waals surface area contributed by atoms with E-state index in [-0.39, 0.29) is 5.92 Å². The zero-order chi connectivity index (χ0) is 22.9. The number of carbonyl (C=O) groups excluding carboxylic acids is 1. The average molecular weight is 450 g/mol. The van der Waals surface area contributed by atoms with Crippen molar-refractivity contribution in [2.75, 3.05) is 0 Å². The number of aromatic nitrogens is 2. The summed E-state index contributed by atoms with van der Waals surface area (Å²) >= 11 is 6.15. The largest absolute Gasteiger partial charge is 0.442 e. The Bertz CT molecular complexity index is 1160. The highest BCUT2D eigenvalue weighted by Gasteiger charge is 2.30. The molecule has 5 nitrogen and oxygen atoms in total. The molecule has 1 heterocycles. The molecule has 3 aromatic rings. The second-order valence-electron chi connectivity index (χ2n) is 9.10. The molecule has 1 amide bonds. The van der Waals surface area contributed by atoms with Gasteiger partial charge < -0.3 is 4.74 Å². The Labute approximate surface area is 194 Å². The highest BCUT2D eigenvalue weighted by atomic mass is 35.5. The second-order valence-corrected chi connectivity index (χ2v) is 9.54. The Morgan fingerprint density at radius 2 is 1.91 bits per heavy atom. The van der Waals surface area contributed by atoms with Gasteiger partial charge in [0.15, 0.2) is 0 Å². The topological polar surface area (TPSA) is 56.5 Å². The van der Waals surface area contributed by atoms with Gasteiger partial charge in [-0.3, -0.25) is 0 Å². The summed E-state index contributed by atoms with van der Waals surface area (Å²) in [5.41, 5.74) is 6.16. The van der Waals surface area contributed by atoms with E-state index in [1.165, 1.54) is 11.1 Å². The van der Waals surface area contributed by atoms with Crippen LogP contribution < -0.4 is 0 Å². The molecule has 0 N–H and O–H groups in total. The lowest BCUT2D eigenvalue weighted by Crippen LogP contribution is -2.22. The molecule has 0 bridgehead atoms. The summed E-state index contributed by atoms with van der Waals surface area (Å²) in [4.78, 5) is 16.0. The van der Waals surface area contributed by atoms with Crippen LogP contribution in [0.25, 0.3) is 16.9 Å². The van der Waals surface area contributed by atoms with Crippen molar-refractivity contribution in [2.24, 2.45) is 10.9 Å². The number of aliphatic imine (C=N–C) groups is 1. The van der Waals surface area contributed by atoms with Gasteiger partial charge in [0, 0.05) is 28.3 Å². The first-order valence-corrected chi connectivity index (χ1v) is 11.3. The molecule has 0 saturated heterocycles. The summed E-state index contributed by atoms with van der Waals surface area (Å²) in [5, 5.41) is 5.71. The quantitative estimate of drug-likeness (QED) is 0.428. The maximum atomic E-state index is 12.0. The Balaban J connectivity index is 1.70. The SMILES string of the molecule is CCc1ccccc1-n1nc2c(c1-c1ccc(Cl)cc1)CC(C=NC(=O)OC(C)(C)C)C2. The van der Waals surface area contributed by atoms with Crippen LogP contribution in [0.1, 0.15) is 44.5 Å². The lowest BCUT2D eigenvalue weighted by atomic mass is 10.0. The van der Waals surface area contributed by atoms with Gasteiger partial charge in [0.05, 0.1) is 17.1 Å². The van der Waals surface area contributed by atoms with Crippen molar-refractivity contribution in [2.45, 2.75) is 52.6 Å². The molecule has 1 aromatic heterocycles. The Morgan fingerprint density at radius 3 is 2.59 bits per heavy atom. The molecule has 0 fully saturated rings. The number of benzene rings is 2. The average Bonchev–Trinajstić information content (AvgIpc) is 3.29. The van der Waals surface area contributed by atoms with Crippen molar-refractivity contribution in [3.8, 4) is 16.9 Å². The highest BCUT2D eigenvalue weighted by Crippen LogP contribution is 2.37. The smallest absolute Gasteiger partial charge is 0.433 e. The van der Waals surface area contributed by atoms with E-state index in [9.17, 15) is 4.79 Å². The Morgan fingerprint density at radius 1 is 1.19 bits per heavy atom. The minimum atomic E-state index is -0.554. The third kappa shape index (κ3) is 4.78. The molecule has 4 rings (SSSR count). The van der Waals surface area contributed by atoms with Crippen LogP contribution >= 0.6 is 11.6 Å². The summed E-state index contributed by atoms with van der Waals surface area (Å²) in [6, 6.07) is 16.2. The molecule has 2 aromatic carbocycles. The lowest BCUT2D eigenvalue weighted by molar-refractivity contribution is 0.0604. The van der Waals surface area contributed by atoms with Crippen LogP contribution in [0, 0.1) is 5.92 Å². The first-order chi connectivity index (χ1) is 15.2. The van der Waals surface area contributed by atoms with Crippen LogP contribution in [0.4, 0.5) is 4.79 Å². The summed E-state index contributed by atoms with van der Waals surface area (Å²) in [6.07, 6.45) is 3.59. The van der Waals surface area contributed by atoms with Gasteiger partial charge in [-0.1, -0.05) is 48.9 Å². The molecule has 1 atom stereocenters. The van der Waals surface area contributed by atoms with E-state index in [1.54, 1.807) is 6.21 Å². The third-order valence-electron chi connectivity index (χ3n) is 5.49. The van der Waals surface area contributed by atoms with Crippen molar-refractivity contribution in [1.82, 2.24) is 9.78 Å². The van der Waals surface area contributed by atoms with Crippen LogP contribution in [0.5, 0.6) is 0 Å². The van der Waals surface area contributed by atoms with Gasteiger partial charge in [0.2, 0.25) is 0 Å². The van der Waals surface area contributed by atoms with E-state index in [0.29, 0.717) is 5.02 Å². The minimum absolute atomic E-state index is 0.113. The minimum Gasteiger partial charge on any atom is -0.442 e. The Kier molecular flexibility index (Phi) is 6.20. The molecule has 32 heavy (non-hydrogen) atoms. The fourth-order valence-electron chi connectivity index (χ4n) is 4.11. The summed E-state index contributed by atoms with van der Waals surface area (Å²) in [6.45, 7) is 7.66. The Hall–Kier alpha value is -2.92. The van der Waals surface area contributed by atoms with Crippen LogP contribution in [0.3, 0.4) is 0 Å². The molecule has 6 heteroatoms. The van der Waals surface area contributed by atoms with Crippen molar-refractivity contribution in [1.29, 1.82) is 0 Å². The number of halogens is 1. The summed E-state index contributed by atoms with van der Waals surface area (Å²) < 4.78 is 7.36. The summed E-state index contributed by atoms with van der Waals surface area (Å²) in [5.74, 6) is 0.113. The zero-order valence-electron chi connectivity index (χ0n) is 18.9. The van der Waals surface area contributed by atoms with E-state index in [0.717, 1.165) is 41.9 Å². The van der Waals surface area contributed by atoms with Gasteiger partial charge in [-0.05, 0) is 63.8 Å². The van der Waals surface area contributed by atoms with Gasteiger partial charge >= 0.3 is 6.09 Å². The zero-order valence-corrected chi connectivity index (χ0v) is 19.7. The predicted octanol–water partition coefficient (Wildman–Crippen LogP) is 6.48. The molecule has 0 aliphatic heterocycles. The van der Waals surface area contributed by atoms with E-state index in [2.05, 4.69) is 34.8 Å². The number of hydrogen-bond acceptors (Lipinski definition) is 3. The number of hydrogen-bond donors (Lipinski definition) is 0. The monoisotopic (exact) mass is 449 g/mol. The number of amides is 1. The predicted molar refractivity (Wildman–Crippen MR) is 129 cm³/mol. The molecular formula is C26H28ClN3O2. The van der Waals surface area contributed by atoms with E-state index < -0.39 is 11.7 Å². The molecule has 1 aliphatic rings. The van der Waals surface area contributed by atoms with Crippen LogP contribution in [-0.2, 0) is 24.0 Å². The van der Waals surface area contributed by atoms with Crippen molar-refractivity contribution in [3.63, 3.8) is 0 Å². The molecule has 1 aliphatic carbocycles.